The molecule has 0 bridgehead atoms. The van der Waals surface area contributed by atoms with E-state index in [9.17, 15) is 5.11 Å². The number of rotatable bonds is 1. The molecule has 0 saturated heterocycles. The van der Waals surface area contributed by atoms with Crippen molar-refractivity contribution in [2.45, 2.75) is 6.92 Å². The van der Waals surface area contributed by atoms with Crippen molar-refractivity contribution >= 4 is 10.8 Å². The molecule has 1 aromatic carbocycles. The molecule has 2 aromatic rings. The number of nitrogens with zero attached hydrogens (tertiary/aromatic N) is 1. The molecular formula is C11H11NO2. The molecule has 1 heterocycles. The summed E-state index contributed by atoms with van der Waals surface area (Å²) in [6.45, 7) is 1.91. The molecule has 0 spiro atoms. The van der Waals surface area contributed by atoms with Crippen molar-refractivity contribution < 1.29 is 9.84 Å². The van der Waals surface area contributed by atoms with Gasteiger partial charge in [0.1, 0.15) is 11.5 Å². The van der Waals surface area contributed by atoms with Gasteiger partial charge in [-0.15, -0.1) is 0 Å². The fraction of sp³-hybridized carbons (Fsp3) is 0.182. The summed E-state index contributed by atoms with van der Waals surface area (Å²) in [5.41, 5.74) is 0.903. The lowest BCUT2D eigenvalue weighted by atomic mass is 10.1. The van der Waals surface area contributed by atoms with Gasteiger partial charge in [-0.1, -0.05) is 0 Å². The van der Waals surface area contributed by atoms with Crippen LogP contribution < -0.4 is 4.74 Å². The third-order valence-corrected chi connectivity index (χ3v) is 2.27. The zero-order valence-electron chi connectivity index (χ0n) is 8.11. The number of aryl methyl sites for hydroxylation is 1. The van der Waals surface area contributed by atoms with Crippen LogP contribution in [0.5, 0.6) is 11.5 Å². The van der Waals surface area contributed by atoms with Gasteiger partial charge >= 0.3 is 0 Å². The van der Waals surface area contributed by atoms with E-state index in [4.69, 9.17) is 4.74 Å². The molecule has 0 atom stereocenters. The largest absolute Gasteiger partial charge is 0.506 e. The van der Waals surface area contributed by atoms with Crippen LogP contribution in [0.2, 0.25) is 0 Å². The van der Waals surface area contributed by atoms with Crippen LogP contribution in [0.25, 0.3) is 10.8 Å². The molecular weight excluding hydrogens is 178 g/mol. The quantitative estimate of drug-likeness (QED) is 0.748. The molecule has 0 aliphatic rings. The second kappa shape index (κ2) is 3.18. The maximum absolute atomic E-state index is 9.60. The monoisotopic (exact) mass is 189 g/mol. The van der Waals surface area contributed by atoms with E-state index in [-0.39, 0.29) is 5.75 Å². The fourth-order valence-corrected chi connectivity index (χ4v) is 1.47. The van der Waals surface area contributed by atoms with E-state index < -0.39 is 0 Å². The summed E-state index contributed by atoms with van der Waals surface area (Å²) in [6.07, 6.45) is 1.46. The van der Waals surface area contributed by atoms with E-state index in [1.807, 2.05) is 19.1 Å². The van der Waals surface area contributed by atoms with E-state index in [0.717, 1.165) is 22.2 Å². The SMILES string of the molecule is COc1ccc2c(C)ncc(O)c2c1. The van der Waals surface area contributed by atoms with E-state index >= 15 is 0 Å². The summed E-state index contributed by atoms with van der Waals surface area (Å²) in [4.78, 5) is 4.07. The average Bonchev–Trinajstić information content (AvgIpc) is 2.23. The molecule has 0 radical (unpaired) electrons. The second-order valence-electron chi connectivity index (χ2n) is 3.14. The smallest absolute Gasteiger partial charge is 0.141 e. The zero-order chi connectivity index (χ0) is 10.1. The van der Waals surface area contributed by atoms with Gasteiger partial charge in [-0.05, 0) is 25.1 Å². The normalized spacial score (nSPS) is 10.4. The van der Waals surface area contributed by atoms with Crippen molar-refractivity contribution in [1.82, 2.24) is 4.98 Å². The van der Waals surface area contributed by atoms with Gasteiger partial charge in [0.05, 0.1) is 13.3 Å². The van der Waals surface area contributed by atoms with Crippen LogP contribution in [0.1, 0.15) is 5.69 Å². The van der Waals surface area contributed by atoms with Crippen LogP contribution in [0.4, 0.5) is 0 Å². The van der Waals surface area contributed by atoms with Gasteiger partial charge < -0.3 is 9.84 Å². The highest BCUT2D eigenvalue weighted by molar-refractivity contribution is 5.90. The van der Waals surface area contributed by atoms with Crippen LogP contribution in [0, 0.1) is 6.92 Å². The van der Waals surface area contributed by atoms with Crippen molar-refractivity contribution in [3.05, 3.63) is 30.1 Å². The molecule has 0 fully saturated rings. The number of hydrogen-bond acceptors (Lipinski definition) is 3. The molecule has 0 amide bonds. The van der Waals surface area contributed by atoms with E-state index in [1.165, 1.54) is 6.20 Å². The molecule has 3 heteroatoms. The molecule has 3 nitrogen and oxygen atoms in total. The van der Waals surface area contributed by atoms with Gasteiger partial charge in [0.25, 0.3) is 0 Å². The Morgan fingerprint density at radius 1 is 1.29 bits per heavy atom. The minimum Gasteiger partial charge on any atom is -0.506 e. The minimum absolute atomic E-state index is 0.185. The van der Waals surface area contributed by atoms with E-state index in [1.54, 1.807) is 13.2 Å². The first-order valence-electron chi connectivity index (χ1n) is 4.34. The summed E-state index contributed by atoms with van der Waals surface area (Å²) >= 11 is 0. The molecule has 0 unspecified atom stereocenters. The van der Waals surface area contributed by atoms with Gasteiger partial charge in [0.15, 0.2) is 0 Å². The van der Waals surface area contributed by atoms with Gasteiger partial charge in [0.2, 0.25) is 0 Å². The third-order valence-electron chi connectivity index (χ3n) is 2.27. The molecule has 1 aromatic heterocycles. The maximum atomic E-state index is 9.60. The minimum atomic E-state index is 0.185. The predicted molar refractivity (Wildman–Crippen MR) is 54.7 cm³/mol. The lowest BCUT2D eigenvalue weighted by Crippen LogP contribution is -1.86. The first-order chi connectivity index (χ1) is 6.72. The fourth-order valence-electron chi connectivity index (χ4n) is 1.47. The number of fused-ring (bicyclic) bond motifs is 1. The standard InChI is InChI=1S/C11H11NO2/c1-7-9-4-3-8(14-2)5-10(9)11(13)6-12-7/h3-6,13H,1-2H3. The predicted octanol–water partition coefficient (Wildman–Crippen LogP) is 2.26. The van der Waals surface area contributed by atoms with Crippen molar-refractivity contribution in [2.24, 2.45) is 0 Å². The second-order valence-corrected chi connectivity index (χ2v) is 3.14. The van der Waals surface area contributed by atoms with Gasteiger partial charge in [-0.25, -0.2) is 0 Å². The Hall–Kier alpha value is -1.77. The Labute approximate surface area is 82.0 Å². The Morgan fingerprint density at radius 2 is 2.07 bits per heavy atom. The topological polar surface area (TPSA) is 42.4 Å². The highest BCUT2D eigenvalue weighted by Gasteiger charge is 2.04. The van der Waals surface area contributed by atoms with Crippen molar-refractivity contribution in [2.75, 3.05) is 7.11 Å². The van der Waals surface area contributed by atoms with E-state index in [2.05, 4.69) is 4.98 Å². The molecule has 72 valence electrons. The van der Waals surface area contributed by atoms with Gasteiger partial charge in [0, 0.05) is 16.5 Å². The highest BCUT2D eigenvalue weighted by Crippen LogP contribution is 2.28. The first kappa shape index (κ1) is 8.81. The Bertz CT molecular complexity index is 480. The lowest BCUT2D eigenvalue weighted by Gasteiger charge is -2.05. The molecule has 0 aliphatic carbocycles. The van der Waals surface area contributed by atoms with Crippen LogP contribution in [-0.2, 0) is 0 Å². The summed E-state index contributed by atoms with van der Waals surface area (Å²) in [6, 6.07) is 5.56. The number of hydrogen-bond donors (Lipinski definition) is 1. The Morgan fingerprint density at radius 3 is 2.79 bits per heavy atom. The van der Waals surface area contributed by atoms with Gasteiger partial charge in [-0.3, -0.25) is 4.98 Å². The summed E-state index contributed by atoms with van der Waals surface area (Å²) in [5, 5.41) is 11.3. The molecule has 0 aliphatic heterocycles. The van der Waals surface area contributed by atoms with Crippen LogP contribution in [-0.4, -0.2) is 17.2 Å². The third kappa shape index (κ3) is 1.27. The highest BCUT2D eigenvalue weighted by atomic mass is 16.5. The Balaban J connectivity index is 2.80. The van der Waals surface area contributed by atoms with Crippen LogP contribution in [0.15, 0.2) is 24.4 Å². The van der Waals surface area contributed by atoms with Crippen molar-refractivity contribution in [3.8, 4) is 11.5 Å². The van der Waals surface area contributed by atoms with Crippen LogP contribution >= 0.6 is 0 Å². The first-order valence-corrected chi connectivity index (χ1v) is 4.34. The number of ether oxygens (including phenoxy) is 1. The Kier molecular flexibility index (Phi) is 2.00. The number of benzene rings is 1. The number of methoxy groups -OCH3 is 1. The number of aromatic hydroxyl groups is 1. The summed E-state index contributed by atoms with van der Waals surface area (Å²) in [7, 11) is 1.60. The molecule has 1 N–H and O–H groups in total. The molecule has 0 saturated carbocycles. The number of aromatic nitrogens is 1. The molecule has 2 rings (SSSR count). The summed E-state index contributed by atoms with van der Waals surface area (Å²) in [5.74, 6) is 0.919. The summed E-state index contributed by atoms with van der Waals surface area (Å²) < 4.78 is 5.09. The van der Waals surface area contributed by atoms with Crippen molar-refractivity contribution in [1.29, 1.82) is 0 Å². The molecule has 14 heavy (non-hydrogen) atoms. The number of pyridine rings is 1. The lowest BCUT2D eigenvalue weighted by molar-refractivity contribution is 0.415. The van der Waals surface area contributed by atoms with E-state index in [0.29, 0.717) is 0 Å². The average molecular weight is 189 g/mol. The maximum Gasteiger partial charge on any atom is 0.141 e. The van der Waals surface area contributed by atoms with Crippen molar-refractivity contribution in [3.63, 3.8) is 0 Å². The van der Waals surface area contributed by atoms with Crippen LogP contribution in [0.3, 0.4) is 0 Å². The zero-order valence-corrected chi connectivity index (χ0v) is 8.11. The van der Waals surface area contributed by atoms with Gasteiger partial charge in [-0.2, -0.15) is 0 Å².